The van der Waals surface area contributed by atoms with E-state index < -0.39 is 35.2 Å². The Kier molecular flexibility index (Phi) is 6.58. The second-order valence-corrected chi connectivity index (χ2v) is 6.90. The second-order valence-electron chi connectivity index (χ2n) is 5.34. The van der Waals surface area contributed by atoms with Crippen molar-refractivity contribution in [3.63, 3.8) is 0 Å². The van der Waals surface area contributed by atoms with Gasteiger partial charge in [0.15, 0.2) is 0 Å². The SMILES string of the molecule is NC(C(=O)N[C@@H]1C(=O)N2C(C(=O)O)=C(Cl)CS[C@H]12)c1ccccc1.[NaH]. The molecule has 25 heavy (non-hydrogen) atoms. The molecule has 0 radical (unpaired) electrons. The molecule has 7 nitrogen and oxygen atoms in total. The van der Waals surface area contributed by atoms with E-state index in [2.05, 4.69) is 5.32 Å². The summed E-state index contributed by atoms with van der Waals surface area (Å²) in [6, 6.07) is 7.07. The fourth-order valence-corrected chi connectivity index (χ4v) is 4.19. The van der Waals surface area contributed by atoms with Crippen LogP contribution in [-0.4, -0.2) is 74.5 Å². The van der Waals surface area contributed by atoms with Crippen molar-refractivity contribution in [3.8, 4) is 0 Å². The molecular weight excluding hydrogens is 377 g/mol. The van der Waals surface area contributed by atoms with Gasteiger partial charge in [-0.1, -0.05) is 41.9 Å². The quantitative estimate of drug-likeness (QED) is 0.491. The summed E-state index contributed by atoms with van der Waals surface area (Å²) in [5, 5.41) is 11.4. The number of nitrogens with one attached hydrogen (secondary N) is 1. The van der Waals surface area contributed by atoms with Crippen molar-refractivity contribution in [3.05, 3.63) is 46.6 Å². The molecule has 0 aromatic heterocycles. The summed E-state index contributed by atoms with van der Waals surface area (Å²) in [5.74, 6) is -1.98. The van der Waals surface area contributed by atoms with Crippen LogP contribution in [0.1, 0.15) is 11.6 Å². The summed E-state index contributed by atoms with van der Waals surface area (Å²) in [7, 11) is 0. The zero-order valence-corrected chi connectivity index (χ0v) is 13.9. The summed E-state index contributed by atoms with van der Waals surface area (Å²) in [6.07, 6.45) is 0. The molecule has 2 amide bonds. The molecule has 1 saturated heterocycles. The van der Waals surface area contributed by atoms with Crippen LogP contribution in [0, 0.1) is 0 Å². The van der Waals surface area contributed by atoms with Gasteiger partial charge in [-0.05, 0) is 5.56 Å². The topological polar surface area (TPSA) is 113 Å². The van der Waals surface area contributed by atoms with Crippen LogP contribution in [-0.2, 0) is 14.4 Å². The Hall–Kier alpha value is -1.03. The molecule has 4 N–H and O–H groups in total. The molecule has 3 rings (SSSR count). The van der Waals surface area contributed by atoms with Gasteiger partial charge < -0.3 is 16.2 Å². The molecular formula is C15H15ClN3NaO4S. The molecule has 128 valence electrons. The third-order valence-corrected chi connectivity index (χ3v) is 5.61. The summed E-state index contributed by atoms with van der Waals surface area (Å²) in [6.45, 7) is 0. The standard InChI is InChI=1S/C15H14ClN3O4S.Na.H/c16-8-6-24-14-10(13(21)19(14)11(8)15(22)23)18-12(20)9(17)7-4-2-1-3-5-7;;/h1-5,9-10,14H,6,17H2,(H,18,20)(H,22,23);;/t9?,10-,14-;;/m1../s1. The van der Waals surface area contributed by atoms with E-state index in [-0.39, 0.29) is 46.0 Å². The van der Waals surface area contributed by atoms with Crippen LogP contribution in [0.3, 0.4) is 0 Å². The average molecular weight is 392 g/mol. The predicted molar refractivity (Wildman–Crippen MR) is 96.1 cm³/mol. The van der Waals surface area contributed by atoms with Gasteiger partial charge in [-0.3, -0.25) is 14.5 Å². The van der Waals surface area contributed by atoms with Crippen LogP contribution in [0.5, 0.6) is 0 Å². The van der Waals surface area contributed by atoms with Gasteiger partial charge in [-0.25, -0.2) is 4.79 Å². The van der Waals surface area contributed by atoms with E-state index in [1.807, 2.05) is 6.07 Å². The molecule has 0 aliphatic carbocycles. The van der Waals surface area contributed by atoms with E-state index >= 15 is 0 Å². The van der Waals surface area contributed by atoms with E-state index in [1.54, 1.807) is 24.3 Å². The summed E-state index contributed by atoms with van der Waals surface area (Å²) in [4.78, 5) is 36.9. The van der Waals surface area contributed by atoms with Gasteiger partial charge in [0.2, 0.25) is 5.91 Å². The number of thioether (sulfide) groups is 1. The third kappa shape index (κ3) is 3.74. The van der Waals surface area contributed by atoms with E-state index in [4.69, 9.17) is 17.3 Å². The van der Waals surface area contributed by atoms with E-state index in [1.165, 1.54) is 11.8 Å². The van der Waals surface area contributed by atoms with E-state index in [0.29, 0.717) is 5.56 Å². The Bertz CT molecular complexity index is 746. The number of aliphatic carboxylic acids is 1. The van der Waals surface area contributed by atoms with Crippen LogP contribution in [0.25, 0.3) is 0 Å². The first kappa shape index (κ1) is 20.3. The number of halogens is 1. The molecule has 3 atom stereocenters. The van der Waals surface area contributed by atoms with Gasteiger partial charge in [-0.2, -0.15) is 0 Å². The molecule has 1 fully saturated rings. The van der Waals surface area contributed by atoms with Crippen molar-refractivity contribution in [2.45, 2.75) is 17.5 Å². The molecule has 0 bridgehead atoms. The molecule has 2 aliphatic heterocycles. The summed E-state index contributed by atoms with van der Waals surface area (Å²) >= 11 is 7.20. The zero-order chi connectivity index (χ0) is 17.4. The number of hydrogen-bond donors (Lipinski definition) is 3. The summed E-state index contributed by atoms with van der Waals surface area (Å²) in [5.41, 5.74) is 6.32. The van der Waals surface area contributed by atoms with Crippen molar-refractivity contribution in [2.75, 3.05) is 5.75 Å². The first-order valence-corrected chi connectivity index (χ1v) is 8.52. The van der Waals surface area contributed by atoms with Gasteiger partial charge in [0.1, 0.15) is 23.2 Å². The van der Waals surface area contributed by atoms with Crippen LogP contribution >= 0.6 is 23.4 Å². The Labute approximate surface area is 175 Å². The molecule has 1 aromatic carbocycles. The van der Waals surface area contributed by atoms with Gasteiger partial charge >= 0.3 is 35.5 Å². The van der Waals surface area contributed by atoms with Gasteiger partial charge in [0, 0.05) is 5.75 Å². The number of fused-ring (bicyclic) bond motifs is 1. The zero-order valence-electron chi connectivity index (χ0n) is 12.3. The van der Waals surface area contributed by atoms with Gasteiger partial charge in [-0.15, -0.1) is 11.8 Å². The van der Waals surface area contributed by atoms with Crippen LogP contribution in [0.2, 0.25) is 0 Å². The fourth-order valence-electron chi connectivity index (χ4n) is 2.64. The van der Waals surface area contributed by atoms with Crippen molar-refractivity contribution in [1.29, 1.82) is 0 Å². The minimum absolute atomic E-state index is 0. The van der Waals surface area contributed by atoms with Crippen molar-refractivity contribution < 1.29 is 19.5 Å². The Morgan fingerprint density at radius 2 is 2.00 bits per heavy atom. The monoisotopic (exact) mass is 391 g/mol. The number of amides is 2. The van der Waals surface area contributed by atoms with Crippen molar-refractivity contribution >= 4 is 70.7 Å². The number of β-lactam (4-membered cyclic amide) rings is 1. The maximum absolute atomic E-state index is 12.3. The maximum atomic E-state index is 12.3. The second kappa shape index (κ2) is 8.11. The molecule has 0 saturated carbocycles. The molecule has 2 aliphatic rings. The first-order chi connectivity index (χ1) is 11.4. The molecule has 2 heterocycles. The number of benzene rings is 1. The minimum atomic E-state index is -1.26. The van der Waals surface area contributed by atoms with Crippen LogP contribution in [0.15, 0.2) is 41.1 Å². The number of nitrogens with zero attached hydrogens (tertiary/aromatic N) is 1. The number of nitrogens with two attached hydrogens (primary N) is 1. The Morgan fingerprint density at radius 1 is 1.36 bits per heavy atom. The number of carboxylic acid groups (broad SMARTS) is 1. The molecule has 1 aromatic rings. The first-order valence-electron chi connectivity index (χ1n) is 7.09. The number of rotatable bonds is 4. The van der Waals surface area contributed by atoms with Crippen LogP contribution < -0.4 is 11.1 Å². The Balaban J connectivity index is 0.00000225. The van der Waals surface area contributed by atoms with Gasteiger partial charge in [0.25, 0.3) is 5.91 Å². The number of carbonyl (C=O) groups excluding carboxylic acids is 2. The van der Waals surface area contributed by atoms with E-state index in [0.717, 1.165) is 4.90 Å². The number of carbonyl (C=O) groups is 3. The third-order valence-electron chi connectivity index (χ3n) is 3.86. The summed E-state index contributed by atoms with van der Waals surface area (Å²) < 4.78 is 0. The van der Waals surface area contributed by atoms with Crippen molar-refractivity contribution in [1.82, 2.24) is 10.2 Å². The molecule has 1 unspecified atom stereocenters. The van der Waals surface area contributed by atoms with Crippen LogP contribution in [0.4, 0.5) is 0 Å². The number of hydrogen-bond acceptors (Lipinski definition) is 5. The number of carboxylic acids is 1. The molecule has 10 heteroatoms. The molecule has 0 spiro atoms. The van der Waals surface area contributed by atoms with Gasteiger partial charge in [0.05, 0.1) is 5.03 Å². The fraction of sp³-hybridized carbons (Fsp3) is 0.267. The van der Waals surface area contributed by atoms with Crippen molar-refractivity contribution in [2.24, 2.45) is 5.73 Å². The normalized spacial score (nSPS) is 23.1. The van der Waals surface area contributed by atoms with E-state index in [9.17, 15) is 19.5 Å². The predicted octanol–water partition coefficient (Wildman–Crippen LogP) is -0.0272. The Morgan fingerprint density at radius 3 is 2.60 bits per heavy atom. The average Bonchev–Trinajstić information content (AvgIpc) is 2.59.